The van der Waals surface area contributed by atoms with Crippen LogP contribution >= 0.6 is 0 Å². The third-order valence-corrected chi connectivity index (χ3v) is 7.50. The third kappa shape index (κ3) is 6.35. The highest BCUT2D eigenvalue weighted by Gasteiger charge is 2.29. The molecule has 0 aromatic heterocycles. The number of benzene rings is 1. The number of methoxy groups -OCH3 is 1. The molecule has 0 radical (unpaired) electrons. The topological polar surface area (TPSA) is 99.3 Å². The molecule has 0 aliphatic carbocycles. The normalized spacial score (nSPS) is 22.1. The van der Waals surface area contributed by atoms with E-state index in [1.54, 1.807) is 7.11 Å². The Morgan fingerprint density at radius 2 is 1.78 bits per heavy atom. The Bertz CT molecular complexity index is 899. The molecule has 1 unspecified atom stereocenters. The molecule has 32 heavy (non-hydrogen) atoms. The molecule has 0 saturated carbocycles. The van der Waals surface area contributed by atoms with Crippen molar-refractivity contribution in [3.05, 3.63) is 24.3 Å². The maximum Gasteiger partial charge on any atom is 0.225 e. The van der Waals surface area contributed by atoms with Gasteiger partial charge in [0.15, 0.2) is 0 Å². The van der Waals surface area contributed by atoms with Gasteiger partial charge < -0.3 is 19.9 Å². The molecule has 0 spiro atoms. The number of amides is 2. The van der Waals surface area contributed by atoms with E-state index in [9.17, 15) is 18.0 Å². The Labute approximate surface area is 190 Å². The molecular formula is C22H34N4O5S. The van der Waals surface area contributed by atoms with E-state index in [1.165, 1.54) is 4.31 Å². The van der Waals surface area contributed by atoms with Gasteiger partial charge in [-0.15, -0.1) is 0 Å². The van der Waals surface area contributed by atoms with Gasteiger partial charge in [-0.05, 0) is 31.4 Å². The third-order valence-electron chi connectivity index (χ3n) is 6.20. The fourth-order valence-electron chi connectivity index (χ4n) is 4.37. The summed E-state index contributed by atoms with van der Waals surface area (Å²) in [4.78, 5) is 29.4. The van der Waals surface area contributed by atoms with Crippen molar-refractivity contribution >= 4 is 27.5 Å². The van der Waals surface area contributed by atoms with Gasteiger partial charge in [0.05, 0.1) is 19.1 Å². The van der Waals surface area contributed by atoms with E-state index in [4.69, 9.17) is 4.74 Å². The molecule has 2 heterocycles. The first kappa shape index (κ1) is 24.3. The number of hydrogen-bond acceptors (Lipinski definition) is 6. The maximum atomic E-state index is 13.3. The molecule has 178 valence electrons. The molecule has 2 saturated heterocycles. The van der Waals surface area contributed by atoms with E-state index in [2.05, 4.69) is 10.2 Å². The highest BCUT2D eigenvalue weighted by atomic mass is 32.2. The Morgan fingerprint density at radius 3 is 2.47 bits per heavy atom. The number of carbonyl (C=O) groups is 2. The molecule has 1 N–H and O–H groups in total. The molecule has 9 nitrogen and oxygen atoms in total. The van der Waals surface area contributed by atoms with Crippen molar-refractivity contribution in [1.29, 1.82) is 0 Å². The first-order chi connectivity index (χ1) is 15.3. The number of para-hydroxylation sites is 2. The highest BCUT2D eigenvalue weighted by Crippen LogP contribution is 2.29. The lowest BCUT2D eigenvalue weighted by Gasteiger charge is -2.38. The monoisotopic (exact) mass is 466 g/mol. The van der Waals surface area contributed by atoms with Gasteiger partial charge in [-0.25, -0.2) is 12.7 Å². The number of ether oxygens (including phenoxy) is 1. The lowest BCUT2D eigenvalue weighted by Crippen LogP contribution is -2.50. The van der Waals surface area contributed by atoms with Crippen LogP contribution in [0.4, 0.5) is 5.69 Å². The predicted octanol–water partition coefficient (Wildman–Crippen LogP) is 0.912. The number of piperazine rings is 1. The van der Waals surface area contributed by atoms with E-state index < -0.39 is 10.0 Å². The van der Waals surface area contributed by atoms with Crippen molar-refractivity contribution in [2.45, 2.75) is 25.7 Å². The first-order valence-corrected chi connectivity index (χ1v) is 13.0. The van der Waals surface area contributed by atoms with Crippen molar-refractivity contribution in [2.24, 2.45) is 5.92 Å². The van der Waals surface area contributed by atoms with Crippen LogP contribution in [-0.2, 0) is 19.6 Å². The average molecular weight is 467 g/mol. The second-order valence-electron chi connectivity index (χ2n) is 8.37. The van der Waals surface area contributed by atoms with Crippen molar-refractivity contribution in [3.63, 3.8) is 0 Å². The van der Waals surface area contributed by atoms with Crippen molar-refractivity contribution in [1.82, 2.24) is 14.5 Å². The summed E-state index contributed by atoms with van der Waals surface area (Å²) in [5, 5.41) is 2.83. The Balaban J connectivity index is 1.61. The van der Waals surface area contributed by atoms with Gasteiger partial charge in [-0.2, -0.15) is 0 Å². The number of sulfonamides is 1. The zero-order chi connectivity index (χ0) is 23.1. The molecule has 2 aliphatic heterocycles. The average Bonchev–Trinajstić information content (AvgIpc) is 2.82. The van der Waals surface area contributed by atoms with Crippen LogP contribution < -0.4 is 15.0 Å². The smallest absolute Gasteiger partial charge is 0.225 e. The molecule has 2 fully saturated rings. The van der Waals surface area contributed by atoms with Crippen molar-refractivity contribution in [2.75, 3.05) is 64.1 Å². The van der Waals surface area contributed by atoms with Gasteiger partial charge in [-0.1, -0.05) is 12.1 Å². The summed E-state index contributed by atoms with van der Waals surface area (Å²) in [6, 6.07) is 7.87. The number of nitrogens with zero attached hydrogens (tertiary/aromatic N) is 3. The minimum absolute atomic E-state index is 0.0871. The fraction of sp³-hybridized carbons (Fsp3) is 0.636. The minimum atomic E-state index is -3.38. The summed E-state index contributed by atoms with van der Waals surface area (Å²) >= 11 is 0. The van der Waals surface area contributed by atoms with Crippen LogP contribution in [0.25, 0.3) is 0 Å². The van der Waals surface area contributed by atoms with Gasteiger partial charge in [0.1, 0.15) is 5.75 Å². The lowest BCUT2D eigenvalue weighted by molar-refractivity contribution is -0.136. The number of anilines is 1. The zero-order valence-corrected chi connectivity index (χ0v) is 19.8. The van der Waals surface area contributed by atoms with Crippen LogP contribution in [0, 0.1) is 5.92 Å². The number of nitrogens with one attached hydrogen (secondary N) is 1. The van der Waals surface area contributed by atoms with E-state index in [0.717, 1.165) is 30.8 Å². The van der Waals surface area contributed by atoms with Gasteiger partial charge in [0.2, 0.25) is 21.8 Å². The second-order valence-corrected chi connectivity index (χ2v) is 10.4. The van der Waals surface area contributed by atoms with Gasteiger partial charge >= 0.3 is 0 Å². The SMILES string of the molecule is COc1ccccc1N1CCN(C(=O)C2CCCN(S(C)(=O)=O)CCC(=O)NCC2)CC1. The Morgan fingerprint density at radius 1 is 1.06 bits per heavy atom. The van der Waals surface area contributed by atoms with Crippen LogP contribution in [0.5, 0.6) is 5.75 Å². The molecule has 2 aliphatic rings. The summed E-state index contributed by atoms with van der Waals surface area (Å²) in [5.41, 5.74) is 1.03. The maximum absolute atomic E-state index is 13.3. The van der Waals surface area contributed by atoms with Crippen LogP contribution in [0.2, 0.25) is 0 Å². The standard InChI is InChI=1S/C22H34N4O5S/c1-31-20-8-4-3-7-19(20)24-14-16-25(17-15-24)22(28)18-6-5-12-26(32(2,29)30)13-10-21(27)23-11-9-18/h3-4,7-8,18H,5-6,9-17H2,1-2H3,(H,23,27). The summed E-state index contributed by atoms with van der Waals surface area (Å²) < 4.78 is 30.8. The van der Waals surface area contributed by atoms with E-state index in [0.29, 0.717) is 45.4 Å². The molecular weight excluding hydrogens is 432 g/mol. The minimum Gasteiger partial charge on any atom is -0.495 e. The van der Waals surface area contributed by atoms with Crippen LogP contribution in [0.1, 0.15) is 25.7 Å². The zero-order valence-electron chi connectivity index (χ0n) is 19.0. The van der Waals surface area contributed by atoms with Crippen LogP contribution in [-0.4, -0.2) is 88.6 Å². The molecule has 1 aromatic carbocycles. The fourth-order valence-corrected chi connectivity index (χ4v) is 5.25. The summed E-state index contributed by atoms with van der Waals surface area (Å²) in [6.45, 7) is 3.61. The molecule has 0 bridgehead atoms. The quantitative estimate of drug-likeness (QED) is 0.708. The first-order valence-electron chi connectivity index (χ1n) is 11.2. The van der Waals surface area contributed by atoms with Gasteiger partial charge in [-0.3, -0.25) is 9.59 Å². The molecule has 10 heteroatoms. The predicted molar refractivity (Wildman–Crippen MR) is 123 cm³/mol. The number of hydrogen-bond donors (Lipinski definition) is 1. The second kappa shape index (κ2) is 11.0. The Kier molecular flexibility index (Phi) is 8.36. The summed E-state index contributed by atoms with van der Waals surface area (Å²) in [6.07, 6.45) is 3.06. The van der Waals surface area contributed by atoms with Gasteiger partial charge in [0, 0.05) is 58.2 Å². The van der Waals surface area contributed by atoms with E-state index >= 15 is 0 Å². The lowest BCUT2D eigenvalue weighted by atomic mass is 9.97. The number of rotatable bonds is 4. The molecule has 3 rings (SSSR count). The van der Waals surface area contributed by atoms with Crippen molar-refractivity contribution in [3.8, 4) is 5.75 Å². The van der Waals surface area contributed by atoms with Crippen LogP contribution in [0.15, 0.2) is 24.3 Å². The molecule has 1 aromatic rings. The summed E-state index contributed by atoms with van der Waals surface area (Å²) in [5.74, 6) is 0.496. The number of carbonyl (C=O) groups excluding carboxylic acids is 2. The van der Waals surface area contributed by atoms with Crippen LogP contribution in [0.3, 0.4) is 0 Å². The van der Waals surface area contributed by atoms with E-state index in [1.807, 2.05) is 29.2 Å². The van der Waals surface area contributed by atoms with Gasteiger partial charge in [0.25, 0.3) is 0 Å². The largest absolute Gasteiger partial charge is 0.495 e. The van der Waals surface area contributed by atoms with E-state index in [-0.39, 0.29) is 30.7 Å². The summed E-state index contributed by atoms with van der Waals surface area (Å²) in [7, 11) is -1.73. The molecule has 2 amide bonds. The Hall–Kier alpha value is -2.33. The van der Waals surface area contributed by atoms with Crippen molar-refractivity contribution < 1.29 is 22.7 Å². The highest BCUT2D eigenvalue weighted by molar-refractivity contribution is 7.88. The molecule has 1 atom stereocenters.